The van der Waals surface area contributed by atoms with E-state index in [9.17, 15) is 0 Å². The molecule has 0 saturated carbocycles. The van der Waals surface area contributed by atoms with Gasteiger partial charge in [-0.05, 0) is 172 Å². The first kappa shape index (κ1) is 27.9. The smallest absolute Gasteiger partial charge is 0.0273 e. The summed E-state index contributed by atoms with van der Waals surface area (Å²) in [7, 11) is 0. The summed E-state index contributed by atoms with van der Waals surface area (Å²) in [6.07, 6.45) is 7.46. The molecular weight excluding hydrogens is 593 g/mol. The van der Waals surface area contributed by atoms with Gasteiger partial charge in [0.15, 0.2) is 0 Å². The van der Waals surface area contributed by atoms with E-state index in [-0.39, 0.29) is 5.41 Å². The summed E-state index contributed by atoms with van der Waals surface area (Å²) in [5.74, 6) is 0. The van der Waals surface area contributed by atoms with Gasteiger partial charge in [-0.1, -0.05) is 74.5 Å². The number of aromatic nitrogens is 2. The fraction of sp³-hybridized carbons (Fsp3) is 0.0638. The molecule has 0 aliphatic heterocycles. The molecule has 0 fully saturated rings. The van der Waals surface area contributed by atoms with Crippen molar-refractivity contribution in [2.45, 2.75) is 19.3 Å². The summed E-state index contributed by atoms with van der Waals surface area (Å²) in [5.41, 5.74) is 12.3. The second kappa shape index (κ2) is 10.4. The molecule has 0 N–H and O–H groups in total. The number of fused-ring (bicyclic) bond motifs is 3. The lowest BCUT2D eigenvalue weighted by atomic mass is 9.79. The fourth-order valence-electron chi connectivity index (χ4n) is 8.29. The molecule has 230 valence electrons. The highest BCUT2D eigenvalue weighted by atomic mass is 14.6. The average molecular weight is 625 g/mol. The van der Waals surface area contributed by atoms with Gasteiger partial charge in [-0.25, -0.2) is 0 Å². The van der Waals surface area contributed by atoms with Crippen LogP contribution in [0.25, 0.3) is 87.6 Å². The zero-order valence-electron chi connectivity index (χ0n) is 27.4. The van der Waals surface area contributed by atoms with Crippen molar-refractivity contribution >= 4 is 43.1 Å². The molecule has 10 rings (SSSR count). The maximum atomic E-state index is 4.27. The predicted octanol–water partition coefficient (Wildman–Crippen LogP) is 12.4. The van der Waals surface area contributed by atoms with Gasteiger partial charge in [0.25, 0.3) is 0 Å². The van der Waals surface area contributed by atoms with E-state index < -0.39 is 0 Å². The highest BCUT2D eigenvalue weighted by Crippen LogP contribution is 2.52. The minimum atomic E-state index is -0.171. The van der Waals surface area contributed by atoms with E-state index in [4.69, 9.17) is 0 Å². The molecule has 0 spiro atoms. The van der Waals surface area contributed by atoms with Crippen molar-refractivity contribution in [2.24, 2.45) is 0 Å². The lowest BCUT2D eigenvalue weighted by molar-refractivity contribution is 0.663. The lowest BCUT2D eigenvalue weighted by Crippen LogP contribution is -2.15. The van der Waals surface area contributed by atoms with Crippen molar-refractivity contribution < 1.29 is 0 Å². The molecule has 0 radical (unpaired) electrons. The lowest BCUT2D eigenvalue weighted by Gasteiger charge is -2.24. The van der Waals surface area contributed by atoms with Crippen LogP contribution in [0, 0.1) is 0 Å². The molecule has 0 atom stereocenters. The van der Waals surface area contributed by atoms with Crippen LogP contribution in [-0.4, -0.2) is 9.97 Å². The largest absolute Gasteiger partial charge is 0.265 e. The summed E-state index contributed by atoms with van der Waals surface area (Å²) >= 11 is 0. The van der Waals surface area contributed by atoms with Gasteiger partial charge in [-0.3, -0.25) is 9.97 Å². The summed E-state index contributed by atoms with van der Waals surface area (Å²) < 4.78 is 0. The van der Waals surface area contributed by atoms with E-state index in [1.807, 2.05) is 24.8 Å². The molecule has 9 aromatic rings. The number of hydrogen-bond acceptors (Lipinski definition) is 2. The first-order valence-corrected chi connectivity index (χ1v) is 17.0. The topological polar surface area (TPSA) is 25.8 Å². The van der Waals surface area contributed by atoms with Crippen LogP contribution in [0.3, 0.4) is 0 Å². The van der Waals surface area contributed by atoms with Crippen LogP contribution in [0.5, 0.6) is 0 Å². The molecule has 49 heavy (non-hydrogen) atoms. The summed E-state index contributed by atoms with van der Waals surface area (Å²) in [5, 5.41) is 10.5. The third kappa shape index (κ3) is 4.27. The summed E-state index contributed by atoms with van der Waals surface area (Å²) in [6.45, 7) is 4.80. The van der Waals surface area contributed by atoms with Crippen LogP contribution in [0.1, 0.15) is 25.0 Å². The van der Waals surface area contributed by atoms with Gasteiger partial charge in [0.1, 0.15) is 0 Å². The number of pyridine rings is 2. The Morgan fingerprint density at radius 2 is 0.837 bits per heavy atom. The van der Waals surface area contributed by atoms with Crippen molar-refractivity contribution in [3.05, 3.63) is 169 Å². The molecule has 7 aromatic carbocycles. The number of benzene rings is 7. The Morgan fingerprint density at radius 3 is 1.45 bits per heavy atom. The van der Waals surface area contributed by atoms with Crippen molar-refractivity contribution in [3.8, 4) is 44.5 Å². The van der Waals surface area contributed by atoms with Gasteiger partial charge in [0.05, 0.1) is 0 Å². The normalized spacial score (nSPS) is 13.3. The Labute approximate surface area is 285 Å². The van der Waals surface area contributed by atoms with Gasteiger partial charge < -0.3 is 0 Å². The first-order chi connectivity index (χ1) is 24.0. The molecule has 2 nitrogen and oxygen atoms in total. The van der Waals surface area contributed by atoms with Crippen molar-refractivity contribution in [3.63, 3.8) is 0 Å². The second-order valence-electron chi connectivity index (χ2n) is 13.9. The fourth-order valence-corrected chi connectivity index (χ4v) is 8.29. The molecule has 1 aliphatic rings. The summed E-state index contributed by atoms with van der Waals surface area (Å²) in [6, 6.07) is 49.6. The highest BCUT2D eigenvalue weighted by Gasteiger charge is 2.35. The highest BCUT2D eigenvalue weighted by molar-refractivity contribution is 6.18. The van der Waals surface area contributed by atoms with Crippen LogP contribution in [0.2, 0.25) is 0 Å². The number of rotatable bonds is 4. The molecule has 0 unspecified atom stereocenters. The molecule has 0 amide bonds. The quantitative estimate of drug-likeness (QED) is 0.182. The maximum absolute atomic E-state index is 4.27. The van der Waals surface area contributed by atoms with Crippen LogP contribution < -0.4 is 0 Å². The third-order valence-corrected chi connectivity index (χ3v) is 10.7. The van der Waals surface area contributed by atoms with Crippen molar-refractivity contribution in [2.75, 3.05) is 0 Å². The van der Waals surface area contributed by atoms with Crippen molar-refractivity contribution in [1.82, 2.24) is 9.97 Å². The van der Waals surface area contributed by atoms with E-state index in [2.05, 4.69) is 157 Å². The van der Waals surface area contributed by atoms with Gasteiger partial charge in [0.2, 0.25) is 0 Å². The maximum Gasteiger partial charge on any atom is 0.0273 e. The van der Waals surface area contributed by atoms with E-state index in [1.165, 1.54) is 87.6 Å². The minimum Gasteiger partial charge on any atom is -0.265 e. The predicted molar refractivity (Wildman–Crippen MR) is 206 cm³/mol. The molecule has 2 aromatic heterocycles. The Morgan fingerprint density at radius 1 is 0.367 bits per heavy atom. The van der Waals surface area contributed by atoms with Crippen LogP contribution in [-0.2, 0) is 5.41 Å². The average Bonchev–Trinajstić information content (AvgIpc) is 3.40. The standard InChI is InChI=1S/C47H32N2/c1-47(2)43-27-37(36-24-34(29-13-17-48-18-14-29)23-35(25-36)30-15-19-49-20-16-30)21-32-11-12-33-22-38(28-44(47)46(33)45(32)43)42-26-31-7-3-4-8-39(31)40-9-5-6-10-41(40)42/h3-28H,1-2H3. The van der Waals surface area contributed by atoms with Crippen molar-refractivity contribution in [1.29, 1.82) is 0 Å². The SMILES string of the molecule is CC1(C)c2cc(-c3cc(-c4ccncc4)cc(-c4ccncc4)c3)cc3ccc4cc(-c5cc6ccccc6c6ccccc56)cc1c4c23. The zero-order valence-corrected chi connectivity index (χ0v) is 27.4. The van der Waals surface area contributed by atoms with E-state index >= 15 is 0 Å². The monoisotopic (exact) mass is 624 g/mol. The molecular formula is C47H32N2. The van der Waals surface area contributed by atoms with E-state index in [0.717, 1.165) is 11.1 Å². The molecule has 1 aliphatic carbocycles. The van der Waals surface area contributed by atoms with Gasteiger partial charge in [-0.2, -0.15) is 0 Å². The number of hydrogen-bond donors (Lipinski definition) is 0. The Kier molecular flexibility index (Phi) is 5.95. The molecule has 0 saturated heterocycles. The molecule has 2 heterocycles. The zero-order chi connectivity index (χ0) is 32.7. The van der Waals surface area contributed by atoms with Gasteiger partial charge in [-0.15, -0.1) is 0 Å². The van der Waals surface area contributed by atoms with E-state index in [0.29, 0.717) is 0 Å². The third-order valence-electron chi connectivity index (χ3n) is 10.7. The van der Waals surface area contributed by atoms with Crippen LogP contribution >= 0.6 is 0 Å². The first-order valence-electron chi connectivity index (χ1n) is 17.0. The second-order valence-corrected chi connectivity index (χ2v) is 13.9. The Bertz CT molecular complexity index is 2720. The number of nitrogens with zero attached hydrogens (tertiary/aromatic N) is 2. The minimum absolute atomic E-state index is 0.171. The van der Waals surface area contributed by atoms with E-state index in [1.54, 1.807) is 0 Å². The summed E-state index contributed by atoms with van der Waals surface area (Å²) in [4.78, 5) is 8.55. The van der Waals surface area contributed by atoms with Gasteiger partial charge in [0, 0.05) is 30.2 Å². The van der Waals surface area contributed by atoms with Gasteiger partial charge >= 0.3 is 0 Å². The Balaban J connectivity index is 1.17. The molecule has 2 heteroatoms. The van der Waals surface area contributed by atoms with Crippen LogP contribution in [0.15, 0.2) is 158 Å². The Hall–Kier alpha value is -6.12. The molecule has 0 bridgehead atoms. The van der Waals surface area contributed by atoms with Crippen LogP contribution in [0.4, 0.5) is 0 Å².